The van der Waals surface area contributed by atoms with Gasteiger partial charge >= 0.3 is 19.3 Å². The third-order valence-electron chi connectivity index (χ3n) is 1.06. The van der Waals surface area contributed by atoms with E-state index < -0.39 is 9.28 Å². The van der Waals surface area contributed by atoms with Crippen molar-refractivity contribution in [3.05, 3.63) is 0 Å². The molecule has 0 aliphatic rings. The number of rotatable bonds is 8. The molecule has 0 bridgehead atoms. The Morgan fingerprint density at radius 1 is 1.17 bits per heavy atom. The van der Waals surface area contributed by atoms with Gasteiger partial charge in [-0.05, 0) is 19.4 Å². The molecule has 0 unspecified atom stereocenters. The van der Waals surface area contributed by atoms with Gasteiger partial charge in [0.25, 0.3) is 0 Å². The van der Waals surface area contributed by atoms with Crippen LogP contribution in [0.15, 0.2) is 0 Å². The van der Waals surface area contributed by atoms with Crippen LogP contribution in [0, 0.1) is 0 Å². The Labute approximate surface area is 79.3 Å². The lowest BCUT2D eigenvalue weighted by molar-refractivity contribution is 0.238. The van der Waals surface area contributed by atoms with Crippen molar-refractivity contribution in [1.82, 2.24) is 0 Å². The molecule has 0 saturated carbocycles. The summed E-state index contributed by atoms with van der Waals surface area (Å²) in [7, 11) is -0.895. The summed E-state index contributed by atoms with van der Waals surface area (Å²) in [6.07, 6.45) is 2.09. The molecular weight excluding hydrogens is 188 g/mol. The monoisotopic (exact) mass is 205 g/mol. The van der Waals surface area contributed by atoms with Gasteiger partial charge in [0.2, 0.25) is 0 Å². The highest BCUT2D eigenvalue weighted by molar-refractivity contribution is 6.49. The number of hydrogen-bond donors (Lipinski definition) is 0. The summed E-state index contributed by atoms with van der Waals surface area (Å²) >= 11 is 0. The van der Waals surface area contributed by atoms with E-state index in [1.54, 1.807) is 0 Å². The van der Waals surface area contributed by atoms with Crippen molar-refractivity contribution in [3.63, 3.8) is 0 Å². The molecule has 0 atom stereocenters. The molecule has 0 fully saturated rings. The molecule has 3 radical (unpaired) electrons. The van der Waals surface area contributed by atoms with Gasteiger partial charge in [-0.1, -0.05) is 13.8 Å². The van der Waals surface area contributed by atoms with Gasteiger partial charge < -0.3 is 13.0 Å². The van der Waals surface area contributed by atoms with Gasteiger partial charge in [-0.25, -0.2) is 0 Å². The Bertz CT molecular complexity index is 92.7. The first-order valence-electron chi connectivity index (χ1n) is 4.31. The van der Waals surface area contributed by atoms with Crippen LogP contribution in [0.1, 0.15) is 26.7 Å². The van der Waals surface area contributed by atoms with Crippen LogP contribution >= 0.6 is 0 Å². The van der Waals surface area contributed by atoms with E-state index in [-0.39, 0.29) is 10.0 Å². The van der Waals surface area contributed by atoms with Crippen LogP contribution in [0.5, 0.6) is 0 Å². The first-order chi connectivity index (χ1) is 5.81. The van der Waals surface area contributed by atoms with Crippen LogP contribution in [0.2, 0.25) is 6.55 Å². The molecule has 5 heteroatoms. The summed E-state index contributed by atoms with van der Waals surface area (Å²) in [5.41, 5.74) is 0. The van der Waals surface area contributed by atoms with E-state index in [4.69, 9.17) is 13.0 Å². The predicted molar refractivity (Wildman–Crippen MR) is 50.9 cm³/mol. The molecule has 0 aromatic rings. The van der Waals surface area contributed by atoms with E-state index in [0.29, 0.717) is 0 Å². The van der Waals surface area contributed by atoms with Gasteiger partial charge in [0, 0.05) is 13.2 Å². The Kier molecular flexibility index (Phi) is 9.65. The van der Waals surface area contributed by atoms with Gasteiger partial charge in [-0.3, -0.25) is 0 Å². The normalized spacial score (nSPS) is 11.0. The van der Waals surface area contributed by atoms with E-state index in [1.165, 1.54) is 0 Å². The third-order valence-corrected chi connectivity index (χ3v) is 3.48. The van der Waals surface area contributed by atoms with Crippen molar-refractivity contribution in [2.75, 3.05) is 13.2 Å². The molecule has 0 aromatic carbocycles. The Morgan fingerprint density at radius 2 is 1.83 bits per heavy atom. The predicted octanol–water partition coefficient (Wildman–Crippen LogP) is 1.51. The van der Waals surface area contributed by atoms with Crippen LogP contribution in [-0.4, -0.2) is 32.5 Å². The molecule has 3 nitrogen and oxygen atoms in total. The molecule has 0 aliphatic heterocycles. The Balaban J connectivity index is 3.02. The van der Waals surface area contributed by atoms with Crippen molar-refractivity contribution in [3.8, 4) is 0 Å². The van der Waals surface area contributed by atoms with E-state index in [0.717, 1.165) is 26.1 Å². The van der Waals surface area contributed by atoms with Crippen molar-refractivity contribution in [2.45, 2.75) is 33.2 Å². The van der Waals surface area contributed by atoms with Crippen LogP contribution in [-0.2, 0) is 13.0 Å². The lowest BCUT2D eigenvalue weighted by Gasteiger charge is -2.08. The lowest BCUT2D eigenvalue weighted by atomic mass is 10.5. The molecular formula is C7H17O3Si2. The fraction of sp³-hybridized carbons (Fsp3) is 1.00. The molecule has 12 heavy (non-hydrogen) atoms. The van der Waals surface area contributed by atoms with Crippen molar-refractivity contribution >= 4 is 19.3 Å². The van der Waals surface area contributed by atoms with Gasteiger partial charge in [-0.15, -0.1) is 0 Å². The quantitative estimate of drug-likeness (QED) is 0.444. The fourth-order valence-corrected chi connectivity index (χ4v) is 2.23. The first kappa shape index (κ1) is 12.3. The summed E-state index contributed by atoms with van der Waals surface area (Å²) in [6.45, 7) is 7.73. The largest absolute Gasteiger partial charge is 0.423 e. The molecule has 0 saturated heterocycles. The topological polar surface area (TPSA) is 27.7 Å². The molecule has 0 aromatic heterocycles. The van der Waals surface area contributed by atoms with Crippen LogP contribution in [0.3, 0.4) is 0 Å². The molecule has 0 amide bonds. The van der Waals surface area contributed by atoms with E-state index in [9.17, 15) is 0 Å². The van der Waals surface area contributed by atoms with Crippen molar-refractivity contribution in [1.29, 1.82) is 0 Å². The SMILES string of the molecule is CCCO[Si]O[Si](C)OCCC. The van der Waals surface area contributed by atoms with Gasteiger partial charge in [0.05, 0.1) is 0 Å². The van der Waals surface area contributed by atoms with Crippen LogP contribution in [0.4, 0.5) is 0 Å². The average molecular weight is 205 g/mol. The zero-order valence-corrected chi connectivity index (χ0v) is 10.1. The molecule has 71 valence electrons. The zero-order valence-electron chi connectivity index (χ0n) is 8.05. The van der Waals surface area contributed by atoms with Gasteiger partial charge in [0.1, 0.15) is 0 Å². The Morgan fingerprint density at radius 3 is 2.42 bits per heavy atom. The van der Waals surface area contributed by atoms with E-state index in [1.807, 2.05) is 6.55 Å². The minimum absolute atomic E-state index is 0.151. The summed E-state index contributed by atoms with van der Waals surface area (Å²) in [6, 6.07) is 0. The summed E-state index contributed by atoms with van der Waals surface area (Å²) in [5, 5.41) is 0. The molecule has 0 spiro atoms. The zero-order chi connectivity index (χ0) is 9.23. The maximum Gasteiger partial charge on any atom is 0.423 e. The summed E-state index contributed by atoms with van der Waals surface area (Å²) in [5.74, 6) is 0. The Hall–Kier alpha value is 0.314. The number of hydrogen-bond acceptors (Lipinski definition) is 3. The van der Waals surface area contributed by atoms with Gasteiger partial charge in [-0.2, -0.15) is 0 Å². The standard InChI is InChI=1S/C7H17O3Si2/c1-4-6-8-11-10-12(3)9-7-5-2/h4-7H2,1-3H3. The second-order valence-electron chi connectivity index (χ2n) is 2.37. The average Bonchev–Trinajstić information content (AvgIpc) is 2.09. The highest BCUT2D eigenvalue weighted by Gasteiger charge is 2.07. The highest BCUT2D eigenvalue weighted by atomic mass is 28.4. The third kappa shape index (κ3) is 8.41. The second kappa shape index (κ2) is 9.40. The van der Waals surface area contributed by atoms with Crippen molar-refractivity contribution < 1.29 is 13.0 Å². The minimum Gasteiger partial charge on any atom is -0.412 e. The summed E-state index contributed by atoms with van der Waals surface area (Å²) in [4.78, 5) is 0. The highest BCUT2D eigenvalue weighted by Crippen LogP contribution is 1.90. The van der Waals surface area contributed by atoms with Crippen molar-refractivity contribution in [2.24, 2.45) is 0 Å². The maximum absolute atomic E-state index is 5.38. The molecule has 0 N–H and O–H groups in total. The minimum atomic E-state index is -1.05. The first-order valence-corrected chi connectivity index (χ1v) is 6.94. The fourth-order valence-electron chi connectivity index (χ4n) is 0.507. The van der Waals surface area contributed by atoms with Crippen LogP contribution in [0.25, 0.3) is 0 Å². The molecule has 0 rings (SSSR count). The van der Waals surface area contributed by atoms with E-state index in [2.05, 4.69) is 13.8 Å². The van der Waals surface area contributed by atoms with Gasteiger partial charge in [0.15, 0.2) is 0 Å². The smallest absolute Gasteiger partial charge is 0.412 e. The second-order valence-corrected chi connectivity index (χ2v) is 4.92. The molecule has 0 aliphatic carbocycles. The van der Waals surface area contributed by atoms with E-state index >= 15 is 0 Å². The maximum atomic E-state index is 5.38. The summed E-state index contributed by atoms with van der Waals surface area (Å²) < 4.78 is 15.9. The molecule has 0 heterocycles. The van der Waals surface area contributed by atoms with Crippen LogP contribution < -0.4 is 0 Å². The lowest BCUT2D eigenvalue weighted by Crippen LogP contribution is -2.22.